The van der Waals surface area contributed by atoms with Crippen molar-refractivity contribution >= 4 is 13.8 Å². The number of phosphoric acid groups is 1. The second-order valence-corrected chi connectivity index (χ2v) is 17.7. The topological polar surface area (TPSA) is 117 Å². The molecule has 0 aliphatic rings. The van der Waals surface area contributed by atoms with E-state index in [0.29, 0.717) is 13.0 Å². The van der Waals surface area contributed by atoms with Crippen LogP contribution in [0.2, 0.25) is 0 Å². The number of allylic oxidation sites excluding steroid dienone is 16. The van der Waals surface area contributed by atoms with Crippen molar-refractivity contribution in [3.05, 3.63) is 97.2 Å². The Bertz CT molecular complexity index is 1280. The first-order valence-corrected chi connectivity index (χ1v) is 26.7. The summed E-state index contributed by atoms with van der Waals surface area (Å²) >= 11 is 0. The van der Waals surface area contributed by atoms with E-state index < -0.39 is 13.9 Å². The number of hydrogen-bond donors (Lipinski definition) is 2. The van der Waals surface area contributed by atoms with E-state index in [9.17, 15) is 14.3 Å². The monoisotopic (exact) mass is 900 g/mol. The molecule has 0 bridgehead atoms. The lowest BCUT2D eigenvalue weighted by molar-refractivity contribution is -0.154. The van der Waals surface area contributed by atoms with Crippen LogP contribution in [-0.4, -0.2) is 49.9 Å². The van der Waals surface area contributed by atoms with Crippen molar-refractivity contribution in [3.8, 4) is 0 Å². The molecule has 2 unspecified atom stereocenters. The standard InChI is InChI=1S/C54H94NO7P/c1-3-5-7-9-11-13-15-17-19-21-23-24-25-26-27-28-29-30-32-34-36-38-40-42-44-46-49-59-51-53(52-61-63(57,58)60-50-48-55)62-54(56)47-45-43-41-39-37-35-33-31-22-20-18-16-14-12-10-8-6-4-2/h5,7,11,13-14,16-17,19-20,22-24,26-27,29-30,53H,3-4,6,8-10,12,15,18,21,25,28,31-52,55H2,1-2H3,(H,57,58)/b7-5-,13-11-,16-14-,19-17-,22-20-,24-23-,27-26-,30-29-. The molecule has 0 aliphatic carbocycles. The molecular weight excluding hydrogens is 806 g/mol. The fourth-order valence-corrected chi connectivity index (χ4v) is 7.32. The molecule has 63 heavy (non-hydrogen) atoms. The highest BCUT2D eigenvalue weighted by molar-refractivity contribution is 7.47. The third-order valence-corrected chi connectivity index (χ3v) is 11.2. The molecular formula is C54H94NO7P. The summed E-state index contributed by atoms with van der Waals surface area (Å²) in [5.74, 6) is -0.346. The van der Waals surface area contributed by atoms with Crippen molar-refractivity contribution in [1.29, 1.82) is 0 Å². The molecule has 0 fully saturated rings. The summed E-state index contributed by atoms with van der Waals surface area (Å²) in [5, 5.41) is 0. The fraction of sp³-hybridized carbons (Fsp3) is 0.685. The van der Waals surface area contributed by atoms with Gasteiger partial charge in [0.25, 0.3) is 0 Å². The minimum atomic E-state index is -4.29. The molecule has 0 spiro atoms. The first-order valence-electron chi connectivity index (χ1n) is 25.2. The van der Waals surface area contributed by atoms with Gasteiger partial charge in [0.05, 0.1) is 19.8 Å². The molecule has 362 valence electrons. The van der Waals surface area contributed by atoms with Crippen molar-refractivity contribution in [2.24, 2.45) is 5.73 Å². The summed E-state index contributed by atoms with van der Waals surface area (Å²) in [4.78, 5) is 22.6. The van der Waals surface area contributed by atoms with E-state index in [-0.39, 0.29) is 32.3 Å². The molecule has 0 aliphatic heterocycles. The summed E-state index contributed by atoms with van der Waals surface area (Å²) < 4.78 is 33.6. The maximum atomic E-state index is 12.6. The van der Waals surface area contributed by atoms with Crippen molar-refractivity contribution in [1.82, 2.24) is 0 Å². The highest BCUT2D eigenvalue weighted by Crippen LogP contribution is 2.43. The Hall–Kier alpha value is -2.58. The molecule has 0 heterocycles. The van der Waals surface area contributed by atoms with Gasteiger partial charge in [0.2, 0.25) is 0 Å². The summed E-state index contributed by atoms with van der Waals surface area (Å²) in [6, 6.07) is 0. The summed E-state index contributed by atoms with van der Waals surface area (Å²) in [6.07, 6.45) is 67.2. The van der Waals surface area contributed by atoms with Crippen molar-refractivity contribution in [3.63, 3.8) is 0 Å². The minimum absolute atomic E-state index is 0.0918. The largest absolute Gasteiger partial charge is 0.472 e. The van der Waals surface area contributed by atoms with E-state index in [2.05, 4.69) is 111 Å². The van der Waals surface area contributed by atoms with Gasteiger partial charge in [-0.05, 0) is 96.3 Å². The lowest BCUT2D eigenvalue weighted by Gasteiger charge is -2.20. The van der Waals surface area contributed by atoms with Crippen molar-refractivity contribution in [2.45, 2.75) is 206 Å². The molecule has 0 aromatic rings. The zero-order chi connectivity index (χ0) is 45.8. The molecule has 8 nitrogen and oxygen atoms in total. The third kappa shape index (κ3) is 50.3. The number of carbonyl (C=O) groups excluding carboxylic acids is 1. The van der Waals surface area contributed by atoms with Crippen LogP contribution in [0, 0.1) is 0 Å². The van der Waals surface area contributed by atoms with Gasteiger partial charge in [-0.2, -0.15) is 0 Å². The molecule has 0 aromatic heterocycles. The Morgan fingerprint density at radius 3 is 1.33 bits per heavy atom. The van der Waals surface area contributed by atoms with Crippen molar-refractivity contribution in [2.75, 3.05) is 33.0 Å². The van der Waals surface area contributed by atoms with E-state index >= 15 is 0 Å². The Labute approximate surface area is 387 Å². The van der Waals surface area contributed by atoms with E-state index in [1.54, 1.807) is 0 Å². The number of rotatable bonds is 47. The predicted molar refractivity (Wildman–Crippen MR) is 270 cm³/mol. The van der Waals surface area contributed by atoms with Gasteiger partial charge in [-0.3, -0.25) is 13.8 Å². The Balaban J connectivity index is 4.02. The van der Waals surface area contributed by atoms with Crippen LogP contribution in [0.25, 0.3) is 0 Å². The number of carbonyl (C=O) groups is 1. The molecule has 0 saturated heterocycles. The predicted octanol–water partition coefficient (Wildman–Crippen LogP) is 15.8. The molecule has 3 N–H and O–H groups in total. The second-order valence-electron chi connectivity index (χ2n) is 16.3. The van der Waals surface area contributed by atoms with Crippen LogP contribution < -0.4 is 5.73 Å². The van der Waals surface area contributed by atoms with Gasteiger partial charge in [0, 0.05) is 19.6 Å². The molecule has 2 atom stereocenters. The summed E-state index contributed by atoms with van der Waals surface area (Å²) in [6.45, 7) is 4.74. The molecule has 0 rings (SSSR count). The second kappa shape index (κ2) is 50.4. The van der Waals surface area contributed by atoms with Crippen LogP contribution in [0.5, 0.6) is 0 Å². The van der Waals surface area contributed by atoms with Gasteiger partial charge in [0.15, 0.2) is 0 Å². The maximum Gasteiger partial charge on any atom is 0.472 e. The van der Waals surface area contributed by atoms with Crippen LogP contribution in [0.3, 0.4) is 0 Å². The zero-order valence-corrected chi connectivity index (χ0v) is 41.2. The Morgan fingerprint density at radius 1 is 0.492 bits per heavy atom. The molecule has 0 amide bonds. The van der Waals surface area contributed by atoms with E-state index in [4.69, 9.17) is 24.3 Å². The fourth-order valence-electron chi connectivity index (χ4n) is 6.56. The zero-order valence-electron chi connectivity index (χ0n) is 40.3. The quantitative estimate of drug-likeness (QED) is 0.0268. The first kappa shape index (κ1) is 60.4. The van der Waals surface area contributed by atoms with E-state index in [1.165, 1.54) is 83.5 Å². The van der Waals surface area contributed by atoms with Gasteiger partial charge in [-0.15, -0.1) is 0 Å². The molecule has 0 radical (unpaired) electrons. The maximum absolute atomic E-state index is 12.6. The average molecular weight is 900 g/mol. The molecule has 9 heteroatoms. The average Bonchev–Trinajstić information content (AvgIpc) is 3.28. The van der Waals surface area contributed by atoms with E-state index in [0.717, 1.165) is 96.3 Å². The number of ether oxygens (including phenoxy) is 2. The highest BCUT2D eigenvalue weighted by atomic mass is 31.2. The lowest BCUT2D eigenvalue weighted by atomic mass is 10.1. The SMILES string of the molecule is CC/C=C\C/C=C\C/C=C\C/C=C\C/C=C\C/C=C\CCCCCCCCCOCC(COP(=O)(O)OCCN)OC(=O)CCCCCCCCC/C=C\C/C=C\CCCCCC. The van der Waals surface area contributed by atoms with Crippen molar-refractivity contribution < 1.29 is 32.8 Å². The highest BCUT2D eigenvalue weighted by Gasteiger charge is 2.25. The van der Waals surface area contributed by atoms with Gasteiger partial charge < -0.3 is 20.1 Å². The van der Waals surface area contributed by atoms with Crippen LogP contribution in [0.15, 0.2) is 97.2 Å². The van der Waals surface area contributed by atoms with Crippen LogP contribution in [0.4, 0.5) is 0 Å². The van der Waals surface area contributed by atoms with E-state index in [1.807, 2.05) is 0 Å². The number of hydrogen-bond acceptors (Lipinski definition) is 7. The molecule has 0 aromatic carbocycles. The number of nitrogens with two attached hydrogens (primary N) is 1. The van der Waals surface area contributed by atoms with Gasteiger partial charge in [-0.25, -0.2) is 4.57 Å². The summed E-state index contributed by atoms with van der Waals surface area (Å²) in [5.41, 5.74) is 5.39. The number of unbranched alkanes of at least 4 members (excludes halogenated alkanes) is 18. The molecule has 0 saturated carbocycles. The van der Waals surface area contributed by atoms with Gasteiger partial charge >= 0.3 is 13.8 Å². The lowest BCUT2D eigenvalue weighted by Crippen LogP contribution is -2.28. The Kier molecular flexibility index (Phi) is 48.4. The van der Waals surface area contributed by atoms with Crippen LogP contribution in [0.1, 0.15) is 200 Å². The smallest absolute Gasteiger partial charge is 0.457 e. The van der Waals surface area contributed by atoms with Crippen LogP contribution >= 0.6 is 7.82 Å². The normalized spacial score (nSPS) is 14.2. The first-order chi connectivity index (χ1) is 30.9. The third-order valence-electron chi connectivity index (χ3n) is 10.2. The van der Waals surface area contributed by atoms with Gasteiger partial charge in [0.1, 0.15) is 6.10 Å². The summed E-state index contributed by atoms with van der Waals surface area (Å²) in [7, 11) is -4.29. The number of phosphoric ester groups is 1. The Morgan fingerprint density at radius 2 is 0.889 bits per heavy atom. The minimum Gasteiger partial charge on any atom is -0.457 e. The number of esters is 1. The van der Waals surface area contributed by atoms with Crippen LogP contribution in [-0.2, 0) is 27.9 Å². The van der Waals surface area contributed by atoms with Gasteiger partial charge in [-0.1, -0.05) is 195 Å².